The molecule has 0 spiro atoms. The summed E-state index contributed by atoms with van der Waals surface area (Å²) < 4.78 is 32.2. The highest BCUT2D eigenvalue weighted by Crippen LogP contribution is 2.17. The summed E-state index contributed by atoms with van der Waals surface area (Å²) in [6, 6.07) is 10.6. The van der Waals surface area contributed by atoms with Gasteiger partial charge in [-0.1, -0.05) is 29.8 Å². The Morgan fingerprint density at radius 2 is 1.89 bits per heavy atom. The molecule has 1 aromatic heterocycles. The molecule has 1 saturated heterocycles. The Balaban J connectivity index is 1.42. The number of aliphatic hydroxyl groups excluding tert-OH is 1. The summed E-state index contributed by atoms with van der Waals surface area (Å²) in [6.07, 6.45) is 2.26. The quantitative estimate of drug-likeness (QED) is 0.692. The molecule has 0 aliphatic carbocycles. The van der Waals surface area contributed by atoms with Crippen LogP contribution in [0.4, 0.5) is 0 Å². The molecule has 0 bridgehead atoms. The van der Waals surface area contributed by atoms with E-state index in [9.17, 15) is 13.5 Å². The van der Waals surface area contributed by atoms with Crippen molar-refractivity contribution in [3.8, 4) is 0 Å². The smallest absolute Gasteiger partial charge is 0.244 e. The number of aliphatic hydroxyl groups is 1. The molecular formula is C19H24ClN3O4S. The number of benzene rings is 1. The zero-order chi connectivity index (χ0) is 20.0. The molecule has 0 amide bonds. The van der Waals surface area contributed by atoms with Gasteiger partial charge in [0.1, 0.15) is 4.90 Å². The monoisotopic (exact) mass is 425 g/mol. The summed E-state index contributed by atoms with van der Waals surface area (Å²) in [5, 5.41) is 10.9. The van der Waals surface area contributed by atoms with Gasteiger partial charge in [0.2, 0.25) is 10.0 Å². The van der Waals surface area contributed by atoms with Gasteiger partial charge in [-0.15, -0.1) is 0 Å². The van der Waals surface area contributed by atoms with Crippen LogP contribution in [-0.2, 0) is 21.4 Å². The van der Waals surface area contributed by atoms with Crippen LogP contribution in [0, 0.1) is 0 Å². The molecule has 1 aromatic carbocycles. The van der Waals surface area contributed by atoms with Gasteiger partial charge in [0.15, 0.2) is 0 Å². The third-order valence-electron chi connectivity index (χ3n) is 4.60. The van der Waals surface area contributed by atoms with Crippen molar-refractivity contribution >= 4 is 21.6 Å². The van der Waals surface area contributed by atoms with E-state index in [4.69, 9.17) is 16.3 Å². The number of nitrogens with zero attached hydrogens (tertiary/aromatic N) is 3. The van der Waals surface area contributed by atoms with Crippen LogP contribution in [0.15, 0.2) is 53.7 Å². The highest BCUT2D eigenvalue weighted by atomic mass is 35.5. The minimum atomic E-state index is -3.52. The Hall–Kier alpha value is -1.55. The van der Waals surface area contributed by atoms with Gasteiger partial charge in [0.25, 0.3) is 0 Å². The fraction of sp³-hybridized carbons (Fsp3) is 0.421. The Morgan fingerprint density at radius 1 is 1.14 bits per heavy atom. The number of β-amino-alcohol motifs (C(OH)–C–C–N with tert-alkyl or cyclic N) is 1. The maximum absolute atomic E-state index is 12.6. The fourth-order valence-electron chi connectivity index (χ4n) is 3.07. The van der Waals surface area contributed by atoms with Crippen molar-refractivity contribution in [1.82, 2.24) is 14.2 Å². The van der Waals surface area contributed by atoms with Gasteiger partial charge < -0.3 is 9.84 Å². The molecule has 2 heterocycles. The summed E-state index contributed by atoms with van der Waals surface area (Å²) in [4.78, 5) is 6.13. The standard InChI is InChI=1S/C19H24ClN3O4S/c20-19-6-2-1-4-16(19)14-27-15-17(24)13-22-8-10-23(11-9-22)28(25,26)18-5-3-7-21-12-18/h1-7,12,17,24H,8-11,13-15H2. The highest BCUT2D eigenvalue weighted by molar-refractivity contribution is 7.89. The van der Waals surface area contributed by atoms with Gasteiger partial charge in [0, 0.05) is 50.1 Å². The molecule has 3 rings (SSSR count). The lowest BCUT2D eigenvalue weighted by Gasteiger charge is -2.34. The zero-order valence-electron chi connectivity index (χ0n) is 15.4. The summed E-state index contributed by atoms with van der Waals surface area (Å²) >= 11 is 6.08. The van der Waals surface area contributed by atoms with E-state index in [0.717, 1.165) is 5.56 Å². The average Bonchev–Trinajstić information content (AvgIpc) is 2.70. The van der Waals surface area contributed by atoms with E-state index in [-0.39, 0.29) is 11.5 Å². The first kappa shape index (κ1) is 21.2. The number of sulfonamides is 1. The lowest BCUT2D eigenvalue weighted by molar-refractivity contribution is 0.00540. The second-order valence-electron chi connectivity index (χ2n) is 6.65. The minimum absolute atomic E-state index is 0.194. The predicted octanol–water partition coefficient (Wildman–Crippen LogP) is 1.62. The van der Waals surface area contributed by atoms with Gasteiger partial charge in [-0.2, -0.15) is 4.31 Å². The summed E-state index contributed by atoms with van der Waals surface area (Å²) in [6.45, 7) is 2.84. The van der Waals surface area contributed by atoms with E-state index < -0.39 is 16.1 Å². The number of hydrogen-bond donors (Lipinski definition) is 1. The molecule has 28 heavy (non-hydrogen) atoms. The first-order valence-corrected chi connectivity index (χ1v) is 10.9. The number of ether oxygens (including phenoxy) is 1. The third-order valence-corrected chi connectivity index (χ3v) is 6.85. The molecule has 0 saturated carbocycles. The van der Waals surface area contributed by atoms with Gasteiger partial charge in [0.05, 0.1) is 19.3 Å². The maximum Gasteiger partial charge on any atom is 0.244 e. The lowest BCUT2D eigenvalue weighted by Crippen LogP contribution is -2.50. The van der Waals surface area contributed by atoms with Crippen LogP contribution in [0.5, 0.6) is 0 Å². The van der Waals surface area contributed by atoms with Crippen LogP contribution in [0.1, 0.15) is 5.56 Å². The molecule has 9 heteroatoms. The summed E-state index contributed by atoms with van der Waals surface area (Å²) in [7, 11) is -3.52. The van der Waals surface area contributed by atoms with Crippen molar-refractivity contribution in [2.24, 2.45) is 0 Å². The molecule has 1 atom stereocenters. The normalized spacial score (nSPS) is 17.5. The molecule has 1 unspecified atom stereocenters. The maximum atomic E-state index is 12.6. The number of aromatic nitrogens is 1. The van der Waals surface area contributed by atoms with Crippen molar-refractivity contribution in [2.75, 3.05) is 39.3 Å². The third kappa shape index (κ3) is 5.50. The molecular weight excluding hydrogens is 402 g/mol. The van der Waals surface area contributed by atoms with Crippen molar-refractivity contribution in [2.45, 2.75) is 17.6 Å². The van der Waals surface area contributed by atoms with Crippen molar-refractivity contribution in [3.05, 3.63) is 59.4 Å². The molecule has 1 N–H and O–H groups in total. The van der Waals surface area contributed by atoms with Crippen molar-refractivity contribution in [3.63, 3.8) is 0 Å². The molecule has 1 fully saturated rings. The van der Waals surface area contributed by atoms with Gasteiger partial charge in [-0.05, 0) is 23.8 Å². The molecule has 1 aliphatic rings. The second kappa shape index (κ2) is 9.78. The van der Waals surface area contributed by atoms with Crippen LogP contribution in [0.2, 0.25) is 5.02 Å². The molecule has 0 radical (unpaired) electrons. The molecule has 7 nitrogen and oxygen atoms in total. The number of pyridine rings is 1. The van der Waals surface area contributed by atoms with E-state index in [1.165, 1.54) is 10.5 Å². The van der Waals surface area contributed by atoms with Crippen LogP contribution in [-0.4, -0.2) is 73.1 Å². The molecule has 1 aliphatic heterocycles. The topological polar surface area (TPSA) is 83.0 Å². The van der Waals surface area contributed by atoms with E-state index in [0.29, 0.717) is 44.4 Å². The molecule has 152 valence electrons. The Kier molecular flexibility index (Phi) is 7.39. The zero-order valence-corrected chi connectivity index (χ0v) is 17.0. The second-order valence-corrected chi connectivity index (χ2v) is 9.00. The number of halogens is 1. The minimum Gasteiger partial charge on any atom is -0.389 e. The van der Waals surface area contributed by atoms with Gasteiger partial charge in [-0.3, -0.25) is 9.88 Å². The highest BCUT2D eigenvalue weighted by Gasteiger charge is 2.29. The number of rotatable bonds is 8. The average molecular weight is 426 g/mol. The van der Waals surface area contributed by atoms with E-state index in [1.807, 2.05) is 23.1 Å². The Labute approximate surface area is 170 Å². The SMILES string of the molecule is O=S(=O)(c1cccnc1)N1CCN(CC(O)COCc2ccccc2Cl)CC1. The summed E-state index contributed by atoms with van der Waals surface area (Å²) in [5.74, 6) is 0. The molecule has 2 aromatic rings. The number of piperazine rings is 1. The van der Waals surface area contributed by atoms with Crippen LogP contribution < -0.4 is 0 Å². The Morgan fingerprint density at radius 3 is 2.57 bits per heavy atom. The van der Waals surface area contributed by atoms with E-state index >= 15 is 0 Å². The first-order chi connectivity index (χ1) is 13.5. The van der Waals surface area contributed by atoms with Gasteiger partial charge in [-0.25, -0.2) is 8.42 Å². The van der Waals surface area contributed by atoms with Crippen LogP contribution >= 0.6 is 11.6 Å². The fourth-order valence-corrected chi connectivity index (χ4v) is 4.65. The predicted molar refractivity (Wildman–Crippen MR) is 107 cm³/mol. The Bertz CT molecular complexity index is 858. The first-order valence-electron chi connectivity index (χ1n) is 9.08. The van der Waals surface area contributed by atoms with Crippen LogP contribution in [0.25, 0.3) is 0 Å². The van der Waals surface area contributed by atoms with E-state index in [2.05, 4.69) is 4.98 Å². The van der Waals surface area contributed by atoms with Crippen molar-refractivity contribution < 1.29 is 18.3 Å². The summed E-state index contributed by atoms with van der Waals surface area (Å²) in [5.41, 5.74) is 0.880. The van der Waals surface area contributed by atoms with Gasteiger partial charge >= 0.3 is 0 Å². The van der Waals surface area contributed by atoms with Crippen molar-refractivity contribution in [1.29, 1.82) is 0 Å². The largest absolute Gasteiger partial charge is 0.389 e. The number of hydrogen-bond acceptors (Lipinski definition) is 6. The lowest BCUT2D eigenvalue weighted by atomic mass is 10.2. The van der Waals surface area contributed by atoms with E-state index in [1.54, 1.807) is 24.4 Å². The van der Waals surface area contributed by atoms with Crippen LogP contribution in [0.3, 0.4) is 0 Å².